The number of rotatable bonds is 6. The summed E-state index contributed by atoms with van der Waals surface area (Å²) in [7, 11) is 0. The predicted octanol–water partition coefficient (Wildman–Crippen LogP) is 3.05. The lowest BCUT2D eigenvalue weighted by atomic mass is 9.64. The number of hydrogen-bond acceptors (Lipinski definition) is 4. The Morgan fingerprint density at radius 3 is 2.54 bits per heavy atom. The summed E-state index contributed by atoms with van der Waals surface area (Å²) in [6.07, 6.45) is 3.27. The van der Waals surface area contributed by atoms with Crippen molar-refractivity contribution in [3.05, 3.63) is 76.3 Å². The lowest BCUT2D eigenvalue weighted by molar-refractivity contribution is -0.122. The molecule has 0 aliphatic heterocycles. The second kappa shape index (κ2) is 7.46. The highest BCUT2D eigenvalue weighted by atomic mass is 16.5. The minimum absolute atomic E-state index is 0.00459. The maximum atomic E-state index is 12.6. The van der Waals surface area contributed by atoms with Crippen LogP contribution in [0, 0.1) is 6.92 Å². The van der Waals surface area contributed by atoms with Crippen LogP contribution in [0.1, 0.15) is 30.4 Å². The molecule has 28 heavy (non-hydrogen) atoms. The Morgan fingerprint density at radius 1 is 1.14 bits per heavy atom. The number of amides is 1. The minimum atomic E-state index is -0.630. The summed E-state index contributed by atoms with van der Waals surface area (Å²) < 4.78 is 6.12. The first-order chi connectivity index (χ1) is 13.6. The molecule has 0 radical (unpaired) electrons. The van der Waals surface area contributed by atoms with Crippen LogP contribution in [0.25, 0.3) is 11.4 Å². The van der Waals surface area contributed by atoms with Crippen LogP contribution in [0.15, 0.2) is 63.9 Å². The van der Waals surface area contributed by atoms with E-state index in [-0.39, 0.29) is 17.9 Å². The highest BCUT2D eigenvalue weighted by Crippen LogP contribution is 2.43. The molecule has 1 N–H and O–H groups in total. The minimum Gasteiger partial charge on any atom is -0.354 e. The van der Waals surface area contributed by atoms with Gasteiger partial charge in [-0.05, 0) is 30.9 Å². The van der Waals surface area contributed by atoms with Crippen LogP contribution in [0.2, 0.25) is 0 Å². The lowest BCUT2D eigenvalue weighted by Crippen LogP contribution is -2.46. The van der Waals surface area contributed by atoms with Crippen LogP contribution >= 0.6 is 0 Å². The molecule has 144 valence electrons. The van der Waals surface area contributed by atoms with Gasteiger partial charge in [0.25, 0.3) is 0 Å². The van der Waals surface area contributed by atoms with Gasteiger partial charge in [-0.2, -0.15) is 0 Å². The molecular formula is C22H23N3O3. The molecule has 0 unspecified atom stereocenters. The zero-order chi connectivity index (χ0) is 19.6. The van der Waals surface area contributed by atoms with Gasteiger partial charge in [-0.3, -0.25) is 9.32 Å². The van der Waals surface area contributed by atoms with Crippen molar-refractivity contribution >= 4 is 5.91 Å². The summed E-state index contributed by atoms with van der Waals surface area (Å²) in [6.45, 7) is 2.38. The van der Waals surface area contributed by atoms with Gasteiger partial charge in [0.05, 0.1) is 0 Å². The van der Waals surface area contributed by atoms with E-state index in [4.69, 9.17) is 4.52 Å². The van der Waals surface area contributed by atoms with E-state index in [1.165, 1.54) is 10.1 Å². The van der Waals surface area contributed by atoms with Crippen LogP contribution in [0.5, 0.6) is 0 Å². The largest absolute Gasteiger partial charge is 0.442 e. The number of nitrogens with one attached hydrogen (secondary N) is 1. The van der Waals surface area contributed by atoms with Crippen molar-refractivity contribution in [2.24, 2.45) is 0 Å². The topological polar surface area (TPSA) is 77.1 Å². The van der Waals surface area contributed by atoms with Gasteiger partial charge in [-0.25, -0.2) is 9.36 Å². The van der Waals surface area contributed by atoms with Gasteiger partial charge in [0.15, 0.2) is 5.82 Å². The van der Waals surface area contributed by atoms with Crippen LogP contribution in [-0.2, 0) is 16.8 Å². The molecule has 0 saturated heterocycles. The molecule has 1 heterocycles. The number of carbonyl (C=O) groups excluding carboxylic acids is 1. The lowest BCUT2D eigenvalue weighted by Gasteiger charge is -2.42. The quantitative estimate of drug-likeness (QED) is 0.716. The van der Waals surface area contributed by atoms with Gasteiger partial charge in [0, 0.05) is 17.5 Å². The zero-order valence-corrected chi connectivity index (χ0v) is 15.9. The van der Waals surface area contributed by atoms with E-state index < -0.39 is 5.76 Å². The molecule has 0 atom stereocenters. The molecule has 1 amide bonds. The van der Waals surface area contributed by atoms with E-state index in [1.807, 2.05) is 49.4 Å². The van der Waals surface area contributed by atoms with Crippen molar-refractivity contribution in [2.75, 3.05) is 6.54 Å². The van der Waals surface area contributed by atoms with E-state index in [0.717, 1.165) is 30.4 Å². The number of carbonyl (C=O) groups is 1. The molecule has 6 nitrogen and oxygen atoms in total. The third-order valence-corrected chi connectivity index (χ3v) is 5.69. The van der Waals surface area contributed by atoms with Crippen LogP contribution in [0.3, 0.4) is 0 Å². The monoisotopic (exact) mass is 377 g/mol. The van der Waals surface area contributed by atoms with Crippen molar-refractivity contribution in [1.82, 2.24) is 15.0 Å². The first-order valence-corrected chi connectivity index (χ1v) is 9.54. The van der Waals surface area contributed by atoms with Crippen molar-refractivity contribution in [2.45, 2.75) is 38.1 Å². The smallest absolute Gasteiger partial charge is 0.354 e. The summed E-state index contributed by atoms with van der Waals surface area (Å²) in [4.78, 5) is 24.7. The van der Waals surface area contributed by atoms with Crippen molar-refractivity contribution in [3.63, 3.8) is 0 Å². The third-order valence-electron chi connectivity index (χ3n) is 5.69. The van der Waals surface area contributed by atoms with Gasteiger partial charge < -0.3 is 5.32 Å². The summed E-state index contributed by atoms with van der Waals surface area (Å²) in [5, 5.41) is 6.89. The van der Waals surface area contributed by atoms with E-state index in [1.54, 1.807) is 0 Å². The van der Waals surface area contributed by atoms with Crippen molar-refractivity contribution < 1.29 is 9.32 Å². The molecule has 2 aromatic carbocycles. The van der Waals surface area contributed by atoms with Gasteiger partial charge in [-0.1, -0.05) is 66.2 Å². The SMILES string of the molecule is Cc1ccccc1-c1noc(=O)n1CC(=O)NCC1(c2ccccc2)CCC1. The molecule has 0 bridgehead atoms. The number of benzene rings is 2. The maximum absolute atomic E-state index is 12.6. The predicted molar refractivity (Wildman–Crippen MR) is 106 cm³/mol. The Kier molecular flexibility index (Phi) is 4.86. The van der Waals surface area contributed by atoms with Gasteiger partial charge in [0.1, 0.15) is 6.54 Å². The fourth-order valence-electron chi connectivity index (χ4n) is 3.86. The Bertz CT molecular complexity index is 1030. The average Bonchev–Trinajstić information content (AvgIpc) is 3.02. The highest BCUT2D eigenvalue weighted by Gasteiger charge is 2.38. The molecule has 4 rings (SSSR count). The van der Waals surface area contributed by atoms with Gasteiger partial charge in [0.2, 0.25) is 5.91 Å². The summed E-state index contributed by atoms with van der Waals surface area (Å²) in [5.74, 6) is -0.475. The highest BCUT2D eigenvalue weighted by molar-refractivity contribution is 5.76. The standard InChI is InChI=1S/C22H23N3O3/c1-16-8-5-6-11-18(16)20-24-28-21(27)25(20)14-19(26)23-15-22(12-7-13-22)17-9-3-2-4-10-17/h2-6,8-11H,7,12-15H2,1H3,(H,23,26). The first-order valence-electron chi connectivity index (χ1n) is 9.54. The van der Waals surface area contributed by atoms with E-state index >= 15 is 0 Å². The Labute approximate surface area is 163 Å². The zero-order valence-electron chi connectivity index (χ0n) is 15.9. The second-order valence-electron chi connectivity index (χ2n) is 7.45. The van der Waals surface area contributed by atoms with E-state index in [9.17, 15) is 9.59 Å². The molecule has 1 aliphatic carbocycles. The first kappa shape index (κ1) is 18.2. The van der Waals surface area contributed by atoms with Gasteiger partial charge >= 0.3 is 5.76 Å². The Morgan fingerprint density at radius 2 is 1.86 bits per heavy atom. The molecule has 1 aromatic heterocycles. The molecule has 6 heteroatoms. The fourth-order valence-corrected chi connectivity index (χ4v) is 3.86. The third kappa shape index (κ3) is 3.38. The van der Waals surface area contributed by atoms with E-state index in [0.29, 0.717) is 12.4 Å². The molecule has 1 saturated carbocycles. The second-order valence-corrected chi connectivity index (χ2v) is 7.45. The van der Waals surface area contributed by atoms with Gasteiger partial charge in [-0.15, -0.1) is 0 Å². The molecule has 0 spiro atoms. The van der Waals surface area contributed by atoms with Crippen molar-refractivity contribution in [1.29, 1.82) is 0 Å². The number of nitrogens with zero attached hydrogens (tertiary/aromatic N) is 2. The molecule has 1 fully saturated rings. The number of hydrogen-bond donors (Lipinski definition) is 1. The summed E-state index contributed by atoms with van der Waals surface area (Å²) in [6, 6.07) is 17.9. The van der Waals surface area contributed by atoms with E-state index in [2.05, 4.69) is 22.6 Å². The Balaban J connectivity index is 1.49. The summed E-state index contributed by atoms with van der Waals surface area (Å²) >= 11 is 0. The Hall–Kier alpha value is -3.15. The molecular weight excluding hydrogens is 354 g/mol. The van der Waals surface area contributed by atoms with Crippen LogP contribution in [0.4, 0.5) is 0 Å². The van der Waals surface area contributed by atoms with Crippen LogP contribution < -0.4 is 11.1 Å². The fraction of sp³-hybridized carbons (Fsp3) is 0.318. The summed E-state index contributed by atoms with van der Waals surface area (Å²) in [5.41, 5.74) is 2.99. The maximum Gasteiger partial charge on any atom is 0.442 e. The molecule has 1 aliphatic rings. The molecule has 3 aromatic rings. The number of aromatic nitrogens is 2. The van der Waals surface area contributed by atoms with Crippen molar-refractivity contribution in [3.8, 4) is 11.4 Å². The average molecular weight is 377 g/mol. The normalized spacial score (nSPS) is 15.0. The number of aryl methyl sites for hydroxylation is 1. The van der Waals surface area contributed by atoms with Crippen LogP contribution in [-0.4, -0.2) is 22.2 Å².